The topological polar surface area (TPSA) is 56.7 Å². The van der Waals surface area contributed by atoms with E-state index < -0.39 is 0 Å². The Morgan fingerprint density at radius 2 is 0.875 bits per heavy atom. The second-order valence-electron chi connectivity index (χ2n) is 14.0. The summed E-state index contributed by atoms with van der Waals surface area (Å²) in [6, 6.07) is 67.3. The largest absolute Gasteiger partial charge is 0.456 e. The fraction of sp³-hybridized carbons (Fsp3) is 0. The molecule has 0 aliphatic heterocycles. The summed E-state index contributed by atoms with van der Waals surface area (Å²) in [5.41, 5.74) is 12.0. The van der Waals surface area contributed by atoms with E-state index in [4.69, 9.17) is 19.4 Å². The van der Waals surface area contributed by atoms with Crippen molar-refractivity contribution >= 4 is 43.7 Å². The van der Waals surface area contributed by atoms with Crippen LogP contribution >= 0.6 is 0 Å². The molecule has 0 saturated heterocycles. The van der Waals surface area contributed by atoms with Gasteiger partial charge in [-0.25, -0.2) is 15.0 Å². The molecular weight excluding hydrogens is 685 g/mol. The van der Waals surface area contributed by atoms with Crippen molar-refractivity contribution in [2.45, 2.75) is 0 Å². The minimum absolute atomic E-state index is 0.577. The molecular formula is C51H32N4O. The maximum Gasteiger partial charge on any atom is 0.164 e. The maximum absolute atomic E-state index is 6.68. The van der Waals surface area contributed by atoms with E-state index in [1.165, 1.54) is 5.39 Å². The highest BCUT2D eigenvalue weighted by atomic mass is 16.3. The van der Waals surface area contributed by atoms with Gasteiger partial charge < -0.3 is 8.98 Å². The van der Waals surface area contributed by atoms with Crippen LogP contribution in [-0.2, 0) is 0 Å². The van der Waals surface area contributed by atoms with Gasteiger partial charge in [0.2, 0.25) is 0 Å². The van der Waals surface area contributed by atoms with E-state index in [9.17, 15) is 0 Å². The maximum atomic E-state index is 6.68. The normalized spacial score (nSPS) is 11.6. The first-order valence-corrected chi connectivity index (χ1v) is 18.8. The Balaban J connectivity index is 1.20. The van der Waals surface area contributed by atoms with Crippen LogP contribution in [-0.4, -0.2) is 19.5 Å². The van der Waals surface area contributed by atoms with Crippen LogP contribution in [0.15, 0.2) is 199 Å². The fourth-order valence-corrected chi connectivity index (χ4v) is 8.08. The van der Waals surface area contributed by atoms with Gasteiger partial charge in [-0.05, 0) is 70.8 Å². The number of hydrogen-bond donors (Lipinski definition) is 0. The van der Waals surface area contributed by atoms with Crippen LogP contribution in [0, 0.1) is 0 Å². The summed E-state index contributed by atoms with van der Waals surface area (Å²) in [4.78, 5) is 15.7. The third-order valence-electron chi connectivity index (χ3n) is 10.6. The first kappa shape index (κ1) is 31.9. The number of rotatable bonds is 6. The van der Waals surface area contributed by atoms with Crippen molar-refractivity contribution in [3.05, 3.63) is 194 Å². The number of benzene rings is 8. The molecule has 0 aliphatic rings. The highest BCUT2D eigenvalue weighted by molar-refractivity contribution is 6.26. The van der Waals surface area contributed by atoms with Gasteiger partial charge in [0, 0.05) is 38.5 Å². The second-order valence-corrected chi connectivity index (χ2v) is 14.0. The Morgan fingerprint density at radius 3 is 1.54 bits per heavy atom. The molecule has 3 aromatic heterocycles. The molecule has 56 heavy (non-hydrogen) atoms. The lowest BCUT2D eigenvalue weighted by Crippen LogP contribution is -2.01. The van der Waals surface area contributed by atoms with Gasteiger partial charge in [-0.15, -0.1) is 0 Å². The number of nitrogens with zero attached hydrogens (tertiary/aromatic N) is 4. The van der Waals surface area contributed by atoms with Gasteiger partial charge in [0.15, 0.2) is 17.5 Å². The second kappa shape index (κ2) is 13.0. The summed E-state index contributed by atoms with van der Waals surface area (Å²) in [5, 5.41) is 4.32. The molecule has 11 rings (SSSR count). The molecule has 0 unspecified atom stereocenters. The van der Waals surface area contributed by atoms with E-state index in [1.807, 2.05) is 24.3 Å². The molecule has 0 N–H and O–H groups in total. The SMILES string of the molecule is c1ccc(-c2cccc(-c3nc(-c4cccc(-c5ccccc5)c4)nc(-c4cccc5oc6ccc7c8ccccc8n(-c8ccccc8)c7c6c45)n3)c2)cc1. The molecule has 0 atom stereocenters. The van der Waals surface area contributed by atoms with Crippen LogP contribution in [0.3, 0.4) is 0 Å². The molecule has 5 nitrogen and oxygen atoms in total. The van der Waals surface area contributed by atoms with E-state index in [0.29, 0.717) is 17.5 Å². The van der Waals surface area contributed by atoms with Crippen LogP contribution in [0.25, 0.3) is 106 Å². The Kier molecular flexibility index (Phi) is 7.42. The molecule has 0 spiro atoms. The molecule has 0 aliphatic carbocycles. The minimum Gasteiger partial charge on any atom is -0.456 e. The van der Waals surface area contributed by atoms with E-state index in [0.717, 1.165) is 83.0 Å². The zero-order chi connectivity index (χ0) is 37.0. The average Bonchev–Trinajstić information content (AvgIpc) is 3.83. The van der Waals surface area contributed by atoms with Crippen molar-refractivity contribution in [1.82, 2.24) is 19.5 Å². The first-order chi connectivity index (χ1) is 27.8. The lowest BCUT2D eigenvalue weighted by atomic mass is 10.0. The molecule has 8 aromatic carbocycles. The first-order valence-electron chi connectivity index (χ1n) is 18.8. The lowest BCUT2D eigenvalue weighted by Gasteiger charge is -2.12. The lowest BCUT2D eigenvalue weighted by molar-refractivity contribution is 0.669. The smallest absolute Gasteiger partial charge is 0.164 e. The number of aromatic nitrogens is 4. The summed E-state index contributed by atoms with van der Waals surface area (Å²) >= 11 is 0. The van der Waals surface area contributed by atoms with Crippen LogP contribution in [0.2, 0.25) is 0 Å². The Morgan fingerprint density at radius 1 is 0.357 bits per heavy atom. The fourth-order valence-electron chi connectivity index (χ4n) is 8.08. The van der Waals surface area contributed by atoms with Gasteiger partial charge in [-0.1, -0.05) is 146 Å². The van der Waals surface area contributed by atoms with Crippen LogP contribution < -0.4 is 0 Å². The monoisotopic (exact) mass is 716 g/mol. The number of hydrogen-bond acceptors (Lipinski definition) is 4. The van der Waals surface area contributed by atoms with E-state index >= 15 is 0 Å². The van der Waals surface area contributed by atoms with Gasteiger partial charge in [-0.3, -0.25) is 0 Å². The molecule has 0 saturated carbocycles. The van der Waals surface area contributed by atoms with Crippen molar-refractivity contribution < 1.29 is 4.42 Å². The molecule has 0 bridgehead atoms. The molecule has 0 radical (unpaired) electrons. The summed E-state index contributed by atoms with van der Waals surface area (Å²) in [7, 11) is 0. The van der Waals surface area contributed by atoms with E-state index in [2.05, 4.69) is 174 Å². The van der Waals surface area contributed by atoms with Crippen molar-refractivity contribution in [2.24, 2.45) is 0 Å². The third-order valence-corrected chi connectivity index (χ3v) is 10.6. The Hall–Kier alpha value is -7.63. The van der Waals surface area contributed by atoms with Crippen LogP contribution in [0.1, 0.15) is 0 Å². The van der Waals surface area contributed by atoms with Crippen molar-refractivity contribution in [2.75, 3.05) is 0 Å². The molecule has 3 heterocycles. The molecule has 5 heteroatoms. The van der Waals surface area contributed by atoms with Crippen molar-refractivity contribution in [3.8, 4) is 62.1 Å². The zero-order valence-electron chi connectivity index (χ0n) is 30.2. The molecule has 262 valence electrons. The highest BCUT2D eigenvalue weighted by Gasteiger charge is 2.23. The van der Waals surface area contributed by atoms with Crippen LogP contribution in [0.4, 0.5) is 0 Å². The highest BCUT2D eigenvalue weighted by Crippen LogP contribution is 2.44. The predicted molar refractivity (Wildman–Crippen MR) is 229 cm³/mol. The van der Waals surface area contributed by atoms with Gasteiger partial charge in [-0.2, -0.15) is 0 Å². The number of furan rings is 1. The molecule has 0 amide bonds. The van der Waals surface area contributed by atoms with Gasteiger partial charge in [0.1, 0.15) is 11.2 Å². The molecule has 0 fully saturated rings. The van der Waals surface area contributed by atoms with Crippen molar-refractivity contribution in [3.63, 3.8) is 0 Å². The predicted octanol–water partition coefficient (Wildman–Crippen LogP) is 13.2. The quantitative estimate of drug-likeness (QED) is 0.172. The molecule has 11 aromatic rings. The van der Waals surface area contributed by atoms with Gasteiger partial charge in [0.25, 0.3) is 0 Å². The van der Waals surface area contributed by atoms with Gasteiger partial charge >= 0.3 is 0 Å². The minimum atomic E-state index is 0.577. The number of fused-ring (bicyclic) bond motifs is 7. The van der Waals surface area contributed by atoms with E-state index in [-0.39, 0.29) is 0 Å². The summed E-state index contributed by atoms with van der Waals surface area (Å²) < 4.78 is 9.04. The average molecular weight is 717 g/mol. The Bertz CT molecular complexity index is 3140. The Labute approximate surface area is 322 Å². The van der Waals surface area contributed by atoms with E-state index in [1.54, 1.807) is 0 Å². The summed E-state index contributed by atoms with van der Waals surface area (Å²) in [6.45, 7) is 0. The number of para-hydroxylation sites is 2. The van der Waals surface area contributed by atoms with Crippen LogP contribution in [0.5, 0.6) is 0 Å². The van der Waals surface area contributed by atoms with Gasteiger partial charge in [0.05, 0.1) is 16.4 Å². The zero-order valence-corrected chi connectivity index (χ0v) is 30.2. The van der Waals surface area contributed by atoms with Crippen molar-refractivity contribution in [1.29, 1.82) is 0 Å². The third kappa shape index (κ3) is 5.29. The standard InChI is InChI=1S/C51H32N4O/c1-4-15-33(16-5-1)35-19-12-21-37(31-35)49-52-50(38-22-13-20-36(32-38)34-17-6-2-7-18-34)54-51(53-49)42-26-14-28-44-46(42)47-45(56-44)30-29-41-40-25-10-11-27-43(40)55(48(41)47)39-23-8-3-9-24-39/h1-32H. The summed E-state index contributed by atoms with van der Waals surface area (Å²) in [5.74, 6) is 1.77. The summed E-state index contributed by atoms with van der Waals surface area (Å²) in [6.07, 6.45) is 0.